The van der Waals surface area contributed by atoms with Crippen LogP contribution in [0.5, 0.6) is 0 Å². The van der Waals surface area contributed by atoms with Crippen molar-refractivity contribution in [3.8, 4) is 0 Å². The molecular weight excluding hydrogens is 150 g/mol. The molecule has 0 aromatic carbocycles. The Hall–Kier alpha value is -0.0800. The van der Waals surface area contributed by atoms with Gasteiger partial charge in [-0.05, 0) is 12.3 Å². The van der Waals surface area contributed by atoms with Gasteiger partial charge in [-0.2, -0.15) is 0 Å². The van der Waals surface area contributed by atoms with E-state index in [0.29, 0.717) is 6.10 Å². The lowest BCUT2D eigenvalue weighted by Gasteiger charge is -2.25. The molecule has 0 amide bonds. The molecule has 0 spiro atoms. The maximum atomic E-state index is 5.68. The average molecular weight is 169 g/mol. The number of ether oxygens (including phenoxy) is 1. The van der Waals surface area contributed by atoms with E-state index in [0.717, 1.165) is 25.6 Å². The molecule has 0 radical (unpaired) electrons. The molecule has 2 nitrogen and oxygen atoms in total. The molecule has 2 heteroatoms. The summed E-state index contributed by atoms with van der Waals surface area (Å²) in [5.41, 5.74) is 0. The fourth-order valence-electron chi connectivity index (χ4n) is 2.39. The molecule has 0 bridgehead atoms. The van der Waals surface area contributed by atoms with Gasteiger partial charge in [-0.3, -0.25) is 0 Å². The van der Waals surface area contributed by atoms with Gasteiger partial charge in [0.1, 0.15) is 0 Å². The van der Waals surface area contributed by atoms with Crippen LogP contribution in [0, 0.1) is 5.92 Å². The molecule has 0 aromatic rings. The van der Waals surface area contributed by atoms with Gasteiger partial charge in [-0.1, -0.05) is 25.7 Å². The van der Waals surface area contributed by atoms with Crippen LogP contribution in [0.15, 0.2) is 0 Å². The van der Waals surface area contributed by atoms with Crippen LogP contribution in [-0.2, 0) is 4.74 Å². The predicted molar refractivity (Wildman–Crippen MR) is 49.2 cm³/mol. The topological polar surface area (TPSA) is 21.3 Å². The normalized spacial score (nSPS) is 32.5. The van der Waals surface area contributed by atoms with Gasteiger partial charge in [0.15, 0.2) is 0 Å². The van der Waals surface area contributed by atoms with Gasteiger partial charge < -0.3 is 10.1 Å². The van der Waals surface area contributed by atoms with Crippen molar-refractivity contribution in [3.05, 3.63) is 0 Å². The average Bonchev–Trinajstić information content (AvgIpc) is 2.59. The molecule has 1 atom stereocenters. The van der Waals surface area contributed by atoms with E-state index in [1.165, 1.54) is 32.1 Å². The Morgan fingerprint density at radius 2 is 2.08 bits per heavy atom. The summed E-state index contributed by atoms with van der Waals surface area (Å²) in [6, 6.07) is 0. The first-order valence-electron chi connectivity index (χ1n) is 5.27. The summed E-state index contributed by atoms with van der Waals surface area (Å²) in [4.78, 5) is 0. The Morgan fingerprint density at radius 1 is 1.25 bits per heavy atom. The van der Waals surface area contributed by atoms with Gasteiger partial charge in [0.25, 0.3) is 0 Å². The van der Waals surface area contributed by atoms with E-state index in [2.05, 4.69) is 5.32 Å². The highest BCUT2D eigenvalue weighted by atomic mass is 16.5. The van der Waals surface area contributed by atoms with Gasteiger partial charge in [-0.15, -0.1) is 0 Å². The smallest absolute Gasteiger partial charge is 0.0702 e. The minimum Gasteiger partial charge on any atom is -0.376 e. The van der Waals surface area contributed by atoms with Gasteiger partial charge in [-0.25, -0.2) is 0 Å². The number of hydrogen-bond donors (Lipinski definition) is 1. The number of nitrogens with one attached hydrogen (secondary N) is 1. The lowest BCUT2D eigenvalue weighted by atomic mass is 9.99. The maximum Gasteiger partial charge on any atom is 0.0702 e. The predicted octanol–water partition coefficient (Wildman–Crippen LogP) is 1.56. The summed E-state index contributed by atoms with van der Waals surface area (Å²) in [5.74, 6) is 0.967. The molecule has 2 aliphatic rings. The zero-order chi connectivity index (χ0) is 8.23. The highest BCUT2D eigenvalue weighted by molar-refractivity contribution is 4.75. The lowest BCUT2D eigenvalue weighted by Crippen LogP contribution is -2.39. The maximum absolute atomic E-state index is 5.68. The Balaban J connectivity index is 1.69. The highest BCUT2D eigenvalue weighted by Gasteiger charge is 2.21. The van der Waals surface area contributed by atoms with Gasteiger partial charge in [0.2, 0.25) is 0 Å². The fraction of sp³-hybridized carbons (Fsp3) is 1.00. The van der Waals surface area contributed by atoms with Gasteiger partial charge >= 0.3 is 0 Å². The zero-order valence-electron chi connectivity index (χ0n) is 7.72. The van der Waals surface area contributed by atoms with Crippen molar-refractivity contribution in [2.24, 2.45) is 5.92 Å². The van der Waals surface area contributed by atoms with Crippen LogP contribution >= 0.6 is 0 Å². The van der Waals surface area contributed by atoms with Crippen molar-refractivity contribution in [1.29, 1.82) is 0 Å². The van der Waals surface area contributed by atoms with Crippen LogP contribution in [0.25, 0.3) is 0 Å². The first-order chi connectivity index (χ1) is 5.95. The number of hydrogen-bond acceptors (Lipinski definition) is 2. The van der Waals surface area contributed by atoms with E-state index in [1.807, 2.05) is 0 Å². The van der Waals surface area contributed by atoms with Crippen LogP contribution in [0.4, 0.5) is 0 Å². The summed E-state index contributed by atoms with van der Waals surface area (Å²) < 4.78 is 5.68. The van der Waals surface area contributed by atoms with Crippen molar-refractivity contribution in [3.63, 3.8) is 0 Å². The second-order valence-electron chi connectivity index (χ2n) is 4.08. The Kier molecular flexibility index (Phi) is 3.01. The molecule has 0 aromatic heterocycles. The molecule has 1 aliphatic heterocycles. The van der Waals surface area contributed by atoms with E-state index < -0.39 is 0 Å². The molecule has 1 heterocycles. The number of morpholine rings is 1. The zero-order valence-corrected chi connectivity index (χ0v) is 7.72. The summed E-state index contributed by atoms with van der Waals surface area (Å²) in [5, 5.41) is 3.38. The summed E-state index contributed by atoms with van der Waals surface area (Å²) in [6.07, 6.45) is 7.60. The van der Waals surface area contributed by atoms with Gasteiger partial charge in [0, 0.05) is 13.1 Å². The Bertz CT molecular complexity index is 126. The second kappa shape index (κ2) is 4.24. The van der Waals surface area contributed by atoms with Crippen molar-refractivity contribution < 1.29 is 4.74 Å². The minimum absolute atomic E-state index is 0.516. The van der Waals surface area contributed by atoms with E-state index in [4.69, 9.17) is 4.74 Å². The molecule has 12 heavy (non-hydrogen) atoms. The van der Waals surface area contributed by atoms with Crippen LogP contribution in [-0.4, -0.2) is 25.8 Å². The second-order valence-corrected chi connectivity index (χ2v) is 4.08. The van der Waals surface area contributed by atoms with Crippen molar-refractivity contribution in [1.82, 2.24) is 5.32 Å². The van der Waals surface area contributed by atoms with Crippen LogP contribution in [0.2, 0.25) is 0 Å². The highest BCUT2D eigenvalue weighted by Crippen LogP contribution is 2.29. The van der Waals surface area contributed by atoms with E-state index >= 15 is 0 Å². The van der Waals surface area contributed by atoms with Crippen molar-refractivity contribution in [2.75, 3.05) is 19.7 Å². The van der Waals surface area contributed by atoms with Crippen LogP contribution in [0.3, 0.4) is 0 Å². The van der Waals surface area contributed by atoms with Gasteiger partial charge in [0.05, 0.1) is 12.7 Å². The van der Waals surface area contributed by atoms with E-state index in [-0.39, 0.29) is 0 Å². The molecule has 1 saturated carbocycles. The Labute approximate surface area is 74.7 Å². The molecule has 2 fully saturated rings. The summed E-state index contributed by atoms with van der Waals surface area (Å²) in [6.45, 7) is 3.04. The lowest BCUT2D eigenvalue weighted by molar-refractivity contribution is 0.0140. The first-order valence-corrected chi connectivity index (χ1v) is 5.27. The van der Waals surface area contributed by atoms with E-state index in [1.54, 1.807) is 0 Å². The third-order valence-corrected chi connectivity index (χ3v) is 3.08. The standard InChI is InChI=1S/C10H19NO/c1-2-4-9(3-1)7-10-8-11-5-6-12-10/h9-11H,1-8H2/t10-/m0/s1. The largest absolute Gasteiger partial charge is 0.376 e. The third-order valence-electron chi connectivity index (χ3n) is 3.08. The monoisotopic (exact) mass is 169 g/mol. The molecule has 70 valence electrons. The SMILES string of the molecule is C1CCC(C[C@H]2CNCCO2)C1. The van der Waals surface area contributed by atoms with Crippen LogP contribution in [0.1, 0.15) is 32.1 Å². The third kappa shape index (κ3) is 2.20. The van der Waals surface area contributed by atoms with Crippen molar-refractivity contribution in [2.45, 2.75) is 38.2 Å². The summed E-state index contributed by atoms with van der Waals surface area (Å²) in [7, 11) is 0. The molecule has 2 rings (SSSR count). The molecular formula is C10H19NO. The van der Waals surface area contributed by atoms with Crippen LogP contribution < -0.4 is 5.32 Å². The molecule has 0 unspecified atom stereocenters. The van der Waals surface area contributed by atoms with E-state index in [9.17, 15) is 0 Å². The van der Waals surface area contributed by atoms with Crippen molar-refractivity contribution >= 4 is 0 Å². The number of rotatable bonds is 2. The fourth-order valence-corrected chi connectivity index (χ4v) is 2.39. The quantitative estimate of drug-likeness (QED) is 0.677. The first kappa shape index (κ1) is 8.52. The summed E-state index contributed by atoms with van der Waals surface area (Å²) >= 11 is 0. The Morgan fingerprint density at radius 3 is 2.75 bits per heavy atom. The minimum atomic E-state index is 0.516. The molecule has 1 N–H and O–H groups in total. The molecule has 1 saturated heterocycles. The molecule has 1 aliphatic carbocycles.